The molecule has 0 aliphatic heterocycles. The highest BCUT2D eigenvalue weighted by molar-refractivity contribution is 7.10. The van der Waals surface area contributed by atoms with E-state index in [0.29, 0.717) is 16.6 Å². The fourth-order valence-corrected chi connectivity index (χ4v) is 2.72. The lowest BCUT2D eigenvalue weighted by molar-refractivity contribution is 1.17. The first-order chi connectivity index (χ1) is 9.78. The van der Waals surface area contributed by atoms with Gasteiger partial charge in [0, 0.05) is 10.3 Å². The Morgan fingerprint density at radius 2 is 2.05 bits per heavy atom. The van der Waals surface area contributed by atoms with Crippen LogP contribution in [0.15, 0.2) is 41.8 Å². The molecule has 3 aromatic rings. The summed E-state index contributed by atoms with van der Waals surface area (Å²) in [5.74, 6) is 0.351. The van der Waals surface area contributed by atoms with Crippen LogP contribution in [0.25, 0.3) is 22.6 Å². The summed E-state index contributed by atoms with van der Waals surface area (Å²) in [6, 6.07) is 13.5. The summed E-state index contributed by atoms with van der Waals surface area (Å²) < 4.78 is 0. The quantitative estimate of drug-likeness (QED) is 0.520. The zero-order valence-electron chi connectivity index (χ0n) is 10.2. The Morgan fingerprint density at radius 1 is 1.20 bits per heavy atom. The van der Waals surface area contributed by atoms with Gasteiger partial charge in [-0.3, -0.25) is 0 Å². The predicted molar refractivity (Wildman–Crippen MR) is 82.4 cm³/mol. The molecule has 0 radical (unpaired) electrons. The number of nitriles is 1. The van der Waals surface area contributed by atoms with Crippen molar-refractivity contribution in [3.63, 3.8) is 0 Å². The number of para-hydroxylation sites is 1. The lowest BCUT2D eigenvalue weighted by Crippen LogP contribution is -1.94. The summed E-state index contributed by atoms with van der Waals surface area (Å²) in [4.78, 5) is 9.61. The van der Waals surface area contributed by atoms with E-state index in [-0.39, 0.29) is 0 Å². The number of benzene rings is 1. The highest BCUT2D eigenvalue weighted by atomic mass is 35.5. The van der Waals surface area contributed by atoms with Crippen molar-refractivity contribution in [1.29, 1.82) is 5.26 Å². The van der Waals surface area contributed by atoms with Gasteiger partial charge in [-0.25, -0.2) is 9.97 Å². The van der Waals surface area contributed by atoms with Gasteiger partial charge in [0.2, 0.25) is 0 Å². The van der Waals surface area contributed by atoms with Gasteiger partial charge in [-0.2, -0.15) is 5.26 Å². The van der Waals surface area contributed by atoms with Crippen LogP contribution >= 0.6 is 22.9 Å². The highest BCUT2D eigenvalue weighted by Gasteiger charge is 2.10. The second-order valence-electron chi connectivity index (χ2n) is 4.04. The molecule has 0 spiro atoms. The van der Waals surface area contributed by atoms with Crippen molar-refractivity contribution in [2.45, 2.75) is 0 Å². The smallest absolute Gasteiger partial charge is 0.172 e. The van der Waals surface area contributed by atoms with Gasteiger partial charge in [-0.05, 0) is 29.7 Å². The first-order valence-electron chi connectivity index (χ1n) is 5.86. The number of halogens is 1. The standard InChI is InChI=1S/C15H8ClN3S/c16-14-12-5-1-2-6-13(12)18-15(19-14)10(9-17)8-11-4-3-7-20-11/h1-8H. The molecule has 0 aliphatic rings. The molecule has 1 aromatic carbocycles. The summed E-state index contributed by atoms with van der Waals surface area (Å²) in [7, 11) is 0. The van der Waals surface area contributed by atoms with Gasteiger partial charge in [-0.1, -0.05) is 29.8 Å². The number of nitrogens with zero attached hydrogens (tertiary/aromatic N) is 3. The Morgan fingerprint density at radius 3 is 2.80 bits per heavy atom. The van der Waals surface area contributed by atoms with E-state index < -0.39 is 0 Å². The monoisotopic (exact) mass is 297 g/mol. The van der Waals surface area contributed by atoms with Crippen molar-refractivity contribution < 1.29 is 0 Å². The second kappa shape index (κ2) is 5.41. The summed E-state index contributed by atoms with van der Waals surface area (Å²) in [5, 5.41) is 12.4. The van der Waals surface area contributed by atoms with Gasteiger partial charge in [0.05, 0.1) is 11.1 Å². The third kappa shape index (κ3) is 2.42. The van der Waals surface area contributed by atoms with Crippen LogP contribution in [0.4, 0.5) is 0 Å². The number of fused-ring (bicyclic) bond motifs is 1. The molecule has 0 saturated heterocycles. The first kappa shape index (κ1) is 12.8. The molecule has 0 atom stereocenters. The van der Waals surface area contributed by atoms with Crippen LogP contribution in [-0.4, -0.2) is 9.97 Å². The molecule has 0 unspecified atom stereocenters. The van der Waals surface area contributed by atoms with Crippen LogP contribution < -0.4 is 0 Å². The average Bonchev–Trinajstić information content (AvgIpc) is 2.97. The number of rotatable bonds is 2. The van der Waals surface area contributed by atoms with Crippen molar-refractivity contribution in [3.8, 4) is 6.07 Å². The largest absolute Gasteiger partial charge is 0.227 e. The van der Waals surface area contributed by atoms with E-state index in [1.165, 1.54) is 0 Å². The zero-order valence-corrected chi connectivity index (χ0v) is 11.8. The Balaban J connectivity index is 2.16. The molecule has 5 heteroatoms. The van der Waals surface area contributed by atoms with Crippen LogP contribution in [-0.2, 0) is 0 Å². The SMILES string of the molecule is N#CC(=Cc1cccs1)c1nc(Cl)c2ccccc2n1. The van der Waals surface area contributed by atoms with E-state index in [1.807, 2.05) is 41.8 Å². The van der Waals surface area contributed by atoms with E-state index >= 15 is 0 Å². The van der Waals surface area contributed by atoms with Gasteiger partial charge in [-0.15, -0.1) is 11.3 Å². The molecule has 0 N–H and O–H groups in total. The van der Waals surface area contributed by atoms with Crippen molar-refractivity contribution in [1.82, 2.24) is 9.97 Å². The maximum Gasteiger partial charge on any atom is 0.172 e. The molecule has 2 heterocycles. The lowest BCUT2D eigenvalue weighted by atomic mass is 10.2. The predicted octanol–water partition coefficient (Wildman–Crippen LogP) is 4.41. The van der Waals surface area contributed by atoms with Gasteiger partial charge in [0.15, 0.2) is 5.82 Å². The van der Waals surface area contributed by atoms with Crippen molar-refractivity contribution in [3.05, 3.63) is 57.6 Å². The molecular weight excluding hydrogens is 290 g/mol. The van der Waals surface area contributed by atoms with Crippen LogP contribution in [0.1, 0.15) is 10.7 Å². The first-order valence-corrected chi connectivity index (χ1v) is 7.11. The van der Waals surface area contributed by atoms with Crippen LogP contribution in [0.5, 0.6) is 0 Å². The Labute approximate surface area is 124 Å². The topological polar surface area (TPSA) is 49.6 Å². The molecule has 0 aliphatic carbocycles. The Hall–Kier alpha value is -2.22. The number of thiophene rings is 1. The molecule has 3 rings (SSSR count). The molecule has 20 heavy (non-hydrogen) atoms. The fraction of sp³-hybridized carbons (Fsp3) is 0. The number of hydrogen-bond donors (Lipinski definition) is 0. The number of aromatic nitrogens is 2. The van der Waals surface area contributed by atoms with Crippen molar-refractivity contribution >= 4 is 45.5 Å². The molecule has 3 nitrogen and oxygen atoms in total. The summed E-state index contributed by atoms with van der Waals surface area (Å²) in [6.07, 6.45) is 1.77. The maximum absolute atomic E-state index is 9.30. The van der Waals surface area contributed by atoms with Gasteiger partial charge in [0.25, 0.3) is 0 Å². The highest BCUT2D eigenvalue weighted by Crippen LogP contribution is 2.24. The van der Waals surface area contributed by atoms with Crippen LogP contribution in [0, 0.1) is 11.3 Å². The van der Waals surface area contributed by atoms with Gasteiger partial charge in [0.1, 0.15) is 11.2 Å². The molecule has 0 fully saturated rings. The van der Waals surface area contributed by atoms with Gasteiger partial charge >= 0.3 is 0 Å². The third-order valence-electron chi connectivity index (χ3n) is 2.75. The lowest BCUT2D eigenvalue weighted by Gasteiger charge is -2.03. The van der Waals surface area contributed by atoms with Crippen molar-refractivity contribution in [2.75, 3.05) is 0 Å². The fourth-order valence-electron chi connectivity index (χ4n) is 1.82. The number of hydrogen-bond acceptors (Lipinski definition) is 4. The van der Waals surface area contributed by atoms with Crippen molar-refractivity contribution in [2.24, 2.45) is 0 Å². The van der Waals surface area contributed by atoms with E-state index in [9.17, 15) is 5.26 Å². The van der Waals surface area contributed by atoms with E-state index in [1.54, 1.807) is 17.4 Å². The van der Waals surface area contributed by atoms with Gasteiger partial charge < -0.3 is 0 Å². The maximum atomic E-state index is 9.30. The minimum atomic E-state index is 0.351. The molecular formula is C15H8ClN3S. The average molecular weight is 298 g/mol. The molecule has 0 bridgehead atoms. The zero-order chi connectivity index (χ0) is 13.9. The Bertz CT molecular complexity index is 832. The van der Waals surface area contributed by atoms with E-state index in [0.717, 1.165) is 15.8 Å². The van der Waals surface area contributed by atoms with Crippen LogP contribution in [0.2, 0.25) is 5.15 Å². The van der Waals surface area contributed by atoms with Crippen LogP contribution in [0.3, 0.4) is 0 Å². The molecule has 0 saturated carbocycles. The van der Waals surface area contributed by atoms with E-state index in [4.69, 9.17) is 11.6 Å². The molecule has 0 amide bonds. The van der Waals surface area contributed by atoms with E-state index in [2.05, 4.69) is 16.0 Å². The second-order valence-corrected chi connectivity index (χ2v) is 5.38. The summed E-state index contributed by atoms with van der Waals surface area (Å²) in [6.45, 7) is 0. The Kier molecular flexibility index (Phi) is 3.46. The molecule has 2 aromatic heterocycles. The number of allylic oxidation sites excluding steroid dienone is 1. The minimum absolute atomic E-state index is 0.351. The summed E-state index contributed by atoms with van der Waals surface area (Å²) in [5.41, 5.74) is 1.13. The third-order valence-corrected chi connectivity index (χ3v) is 3.86. The minimum Gasteiger partial charge on any atom is -0.227 e. The molecule has 96 valence electrons. The normalized spacial score (nSPS) is 11.5. The summed E-state index contributed by atoms with van der Waals surface area (Å²) >= 11 is 7.71.